The lowest BCUT2D eigenvalue weighted by atomic mass is 10.0. The number of pyridine rings is 1. The highest BCUT2D eigenvalue weighted by atomic mass is 19.4. The molecule has 172 valence electrons. The fraction of sp³-hybridized carbons (Fsp3) is 0.304. The number of nitrogen functional groups attached to an aromatic ring is 1. The van der Waals surface area contributed by atoms with Gasteiger partial charge >= 0.3 is 12.1 Å². The Morgan fingerprint density at radius 3 is 2.42 bits per heavy atom. The molecule has 0 radical (unpaired) electrons. The molecule has 0 fully saturated rings. The molecule has 0 amide bonds. The quantitative estimate of drug-likeness (QED) is 0.440. The summed E-state index contributed by atoms with van der Waals surface area (Å²) in [5.41, 5.74) is 7.67. The Balaban J connectivity index is 1.89. The van der Waals surface area contributed by atoms with Crippen LogP contribution in [0.15, 0.2) is 36.8 Å². The normalized spacial score (nSPS) is 12.5. The maximum atomic E-state index is 12.9. The van der Waals surface area contributed by atoms with E-state index in [9.17, 15) is 18.0 Å². The van der Waals surface area contributed by atoms with Crippen molar-refractivity contribution in [2.24, 2.45) is 0 Å². The van der Waals surface area contributed by atoms with Crippen LogP contribution in [0.2, 0.25) is 0 Å². The van der Waals surface area contributed by atoms with Crippen LogP contribution in [0.4, 0.5) is 19.0 Å². The van der Waals surface area contributed by atoms with Gasteiger partial charge < -0.3 is 15.0 Å². The molecule has 7 nitrogen and oxygen atoms in total. The van der Waals surface area contributed by atoms with Gasteiger partial charge in [-0.1, -0.05) is 6.07 Å². The number of nitrogens with zero attached hydrogens (tertiary/aromatic N) is 4. The molecule has 1 aromatic carbocycles. The predicted octanol–water partition coefficient (Wildman–Crippen LogP) is 4.90. The van der Waals surface area contributed by atoms with Crippen LogP contribution >= 0.6 is 0 Å². The number of halogens is 3. The molecular formula is C23H22F3N5O2. The Kier molecular flexibility index (Phi) is 5.26. The Bertz CT molecular complexity index is 1370. The maximum Gasteiger partial charge on any atom is 0.433 e. The molecule has 0 aliphatic carbocycles. The second kappa shape index (κ2) is 7.72. The number of carbonyl (C=O) groups excluding carboxylic acids is 1. The van der Waals surface area contributed by atoms with E-state index in [1.54, 1.807) is 31.4 Å². The molecular weight excluding hydrogens is 435 g/mol. The van der Waals surface area contributed by atoms with Crippen molar-refractivity contribution in [1.29, 1.82) is 0 Å². The van der Waals surface area contributed by atoms with Crippen LogP contribution < -0.4 is 5.73 Å². The number of ether oxygens (including phenoxy) is 1. The number of aromatic nitrogens is 4. The van der Waals surface area contributed by atoms with Gasteiger partial charge in [-0.2, -0.15) is 13.2 Å². The number of benzene rings is 1. The van der Waals surface area contributed by atoms with Gasteiger partial charge in [0, 0.05) is 17.1 Å². The van der Waals surface area contributed by atoms with E-state index in [1.807, 2.05) is 13.0 Å². The number of carbonyl (C=O) groups is 1. The van der Waals surface area contributed by atoms with Crippen LogP contribution in [0.25, 0.3) is 33.1 Å². The second-order valence-corrected chi connectivity index (χ2v) is 8.75. The number of nitrogens with two attached hydrogens (primary N) is 1. The second-order valence-electron chi connectivity index (χ2n) is 8.75. The Hall–Kier alpha value is -3.69. The molecule has 10 heteroatoms. The zero-order valence-electron chi connectivity index (χ0n) is 18.5. The number of aryl methyl sites for hydroxylation is 1. The molecule has 3 heterocycles. The summed E-state index contributed by atoms with van der Waals surface area (Å²) < 4.78 is 45.9. The average molecular weight is 457 g/mol. The van der Waals surface area contributed by atoms with Crippen LogP contribution in [-0.4, -0.2) is 31.1 Å². The Morgan fingerprint density at radius 2 is 1.82 bits per heavy atom. The van der Waals surface area contributed by atoms with Crippen molar-refractivity contribution in [3.05, 3.63) is 48.0 Å². The zero-order valence-corrected chi connectivity index (χ0v) is 18.5. The summed E-state index contributed by atoms with van der Waals surface area (Å²) in [5, 5.41) is 1.24. The molecule has 0 bridgehead atoms. The monoisotopic (exact) mass is 457 g/mol. The van der Waals surface area contributed by atoms with Gasteiger partial charge in [0.05, 0.1) is 10.9 Å². The third kappa shape index (κ3) is 4.33. The molecule has 4 rings (SSSR count). The first-order chi connectivity index (χ1) is 15.3. The van der Waals surface area contributed by atoms with Crippen molar-refractivity contribution < 1.29 is 22.7 Å². The summed E-state index contributed by atoms with van der Waals surface area (Å²) in [5.74, 6) is -0.205. The summed E-state index contributed by atoms with van der Waals surface area (Å²) >= 11 is 0. The van der Waals surface area contributed by atoms with Gasteiger partial charge in [0.25, 0.3) is 0 Å². The lowest BCUT2D eigenvalue weighted by Crippen LogP contribution is -2.26. The highest BCUT2D eigenvalue weighted by Crippen LogP contribution is 2.37. The molecule has 4 aromatic rings. The maximum absolute atomic E-state index is 12.9. The number of hydrogen-bond acceptors (Lipinski definition) is 6. The van der Waals surface area contributed by atoms with Gasteiger partial charge in [0.2, 0.25) is 0 Å². The van der Waals surface area contributed by atoms with Crippen molar-refractivity contribution in [1.82, 2.24) is 19.5 Å². The van der Waals surface area contributed by atoms with E-state index in [2.05, 4.69) is 15.0 Å². The molecule has 0 aliphatic rings. The Morgan fingerprint density at radius 1 is 1.09 bits per heavy atom. The molecule has 3 aromatic heterocycles. The van der Waals surface area contributed by atoms with Crippen LogP contribution in [0.3, 0.4) is 0 Å². The third-order valence-corrected chi connectivity index (χ3v) is 5.05. The number of esters is 1. The summed E-state index contributed by atoms with van der Waals surface area (Å²) in [6.07, 6.45) is -2.01. The van der Waals surface area contributed by atoms with Crippen LogP contribution in [-0.2, 0) is 22.3 Å². The first kappa shape index (κ1) is 22.5. The summed E-state index contributed by atoms with van der Waals surface area (Å²) in [7, 11) is 0. The van der Waals surface area contributed by atoms with Gasteiger partial charge in [-0.3, -0.25) is 9.78 Å². The molecule has 0 spiro atoms. The van der Waals surface area contributed by atoms with Crippen molar-refractivity contribution >= 4 is 33.7 Å². The molecule has 33 heavy (non-hydrogen) atoms. The highest BCUT2D eigenvalue weighted by molar-refractivity contribution is 6.13. The largest absolute Gasteiger partial charge is 0.459 e. The number of hydrogen-bond donors (Lipinski definition) is 1. The van der Waals surface area contributed by atoms with E-state index >= 15 is 0 Å². The summed E-state index contributed by atoms with van der Waals surface area (Å²) in [4.78, 5) is 24.6. The topological polar surface area (TPSA) is 95.9 Å². The van der Waals surface area contributed by atoms with Crippen molar-refractivity contribution in [3.8, 4) is 11.1 Å². The Labute approximate surface area is 187 Å². The molecule has 0 saturated heterocycles. The fourth-order valence-corrected chi connectivity index (χ4v) is 3.84. The van der Waals surface area contributed by atoms with E-state index in [-0.39, 0.29) is 12.4 Å². The van der Waals surface area contributed by atoms with Crippen molar-refractivity contribution in [2.75, 3.05) is 5.73 Å². The minimum absolute atomic E-state index is 0.0876. The lowest BCUT2D eigenvalue weighted by molar-refractivity contribution is -0.155. The third-order valence-electron chi connectivity index (χ3n) is 5.05. The van der Waals surface area contributed by atoms with Gasteiger partial charge in [-0.25, -0.2) is 9.97 Å². The van der Waals surface area contributed by atoms with Crippen molar-refractivity contribution in [3.63, 3.8) is 0 Å². The summed E-state index contributed by atoms with van der Waals surface area (Å²) in [6, 6.07) is 5.93. The predicted molar refractivity (Wildman–Crippen MR) is 118 cm³/mol. The first-order valence-corrected chi connectivity index (χ1v) is 10.1. The smallest absolute Gasteiger partial charge is 0.433 e. The molecule has 0 aliphatic heterocycles. The van der Waals surface area contributed by atoms with Gasteiger partial charge in [0.15, 0.2) is 0 Å². The number of alkyl halides is 3. The van der Waals surface area contributed by atoms with Gasteiger partial charge in [-0.05, 0) is 57.0 Å². The molecule has 0 saturated carbocycles. The SMILES string of the molecule is Cc1cc(-c2ccc(C(F)(F)F)nc2)cc2c3c(N)ncnc3n(CC(=O)OC(C)(C)C)c12. The van der Waals surface area contributed by atoms with Crippen LogP contribution in [0.5, 0.6) is 0 Å². The standard InChI is InChI=1S/C23H22F3N5O2/c1-12-7-14(13-5-6-16(28-9-13)23(24,25)26)8-15-18-20(27)29-11-30-21(18)31(19(12)15)10-17(32)33-22(2,3)4/h5-9,11H,10H2,1-4H3,(H2,27,29,30). The van der Waals surface area contributed by atoms with Crippen LogP contribution in [0.1, 0.15) is 32.0 Å². The van der Waals surface area contributed by atoms with Gasteiger partial charge in [0.1, 0.15) is 35.6 Å². The van der Waals surface area contributed by atoms with Gasteiger partial charge in [-0.15, -0.1) is 0 Å². The zero-order chi connectivity index (χ0) is 24.1. The number of anilines is 1. The fourth-order valence-electron chi connectivity index (χ4n) is 3.84. The van der Waals surface area contributed by atoms with E-state index in [1.165, 1.54) is 18.6 Å². The highest BCUT2D eigenvalue weighted by Gasteiger charge is 2.32. The van der Waals surface area contributed by atoms with E-state index < -0.39 is 23.4 Å². The minimum Gasteiger partial charge on any atom is -0.459 e. The first-order valence-electron chi connectivity index (χ1n) is 10.1. The average Bonchev–Trinajstić information content (AvgIpc) is 3.01. The van der Waals surface area contributed by atoms with Crippen molar-refractivity contribution in [2.45, 2.75) is 46.0 Å². The van der Waals surface area contributed by atoms with E-state index in [0.29, 0.717) is 33.1 Å². The number of rotatable bonds is 3. The summed E-state index contributed by atoms with van der Waals surface area (Å²) in [6.45, 7) is 7.11. The van der Waals surface area contributed by atoms with Crippen LogP contribution in [0, 0.1) is 6.92 Å². The molecule has 0 unspecified atom stereocenters. The van der Waals surface area contributed by atoms with E-state index in [4.69, 9.17) is 10.5 Å². The van der Waals surface area contributed by atoms with E-state index in [0.717, 1.165) is 11.6 Å². The number of fused-ring (bicyclic) bond motifs is 3. The molecule has 0 atom stereocenters. The molecule has 2 N–H and O–H groups in total. The minimum atomic E-state index is -4.51. The lowest BCUT2D eigenvalue weighted by Gasteiger charge is -2.20.